The number of carbonyl (C=O) groups is 3. The molecule has 23 heavy (non-hydrogen) atoms. The maximum Gasteiger partial charge on any atom is 0.326 e. The number of carbonyl (C=O) groups excluding carboxylic acids is 2. The summed E-state index contributed by atoms with van der Waals surface area (Å²) in [7, 11) is 0. The summed E-state index contributed by atoms with van der Waals surface area (Å²) in [5, 5.41) is 13.8. The van der Waals surface area contributed by atoms with Crippen LogP contribution in [0.4, 0.5) is 0 Å². The molecule has 0 bridgehead atoms. The molecule has 0 saturated heterocycles. The molecule has 7 heteroatoms. The molecule has 0 aliphatic carbocycles. The van der Waals surface area contributed by atoms with E-state index in [4.69, 9.17) is 9.84 Å². The highest BCUT2D eigenvalue weighted by Gasteiger charge is 2.21. The first kappa shape index (κ1) is 18.5. The third-order valence-electron chi connectivity index (χ3n) is 2.90. The summed E-state index contributed by atoms with van der Waals surface area (Å²) in [6.07, 6.45) is 0.326. The Morgan fingerprint density at radius 3 is 2.35 bits per heavy atom. The van der Waals surface area contributed by atoms with E-state index < -0.39 is 23.8 Å². The molecule has 0 heterocycles. The van der Waals surface area contributed by atoms with E-state index in [-0.39, 0.29) is 19.1 Å². The van der Waals surface area contributed by atoms with Gasteiger partial charge >= 0.3 is 5.97 Å². The van der Waals surface area contributed by atoms with Crippen molar-refractivity contribution in [3.63, 3.8) is 0 Å². The Balaban J connectivity index is 2.31. The largest absolute Gasteiger partial charge is 0.484 e. The van der Waals surface area contributed by atoms with Crippen molar-refractivity contribution in [2.24, 2.45) is 5.92 Å². The lowest BCUT2D eigenvalue weighted by Gasteiger charge is -2.16. The third-order valence-corrected chi connectivity index (χ3v) is 2.90. The molecule has 126 valence electrons. The normalized spacial score (nSPS) is 11.6. The first-order valence-corrected chi connectivity index (χ1v) is 7.35. The molecule has 0 aliphatic heterocycles. The van der Waals surface area contributed by atoms with E-state index in [1.54, 1.807) is 24.3 Å². The molecule has 1 aromatic carbocycles. The SMILES string of the molecule is CC(C)C[C@@H](NC(=O)CNC(=O)COc1ccccc1)C(=O)O. The molecule has 7 nitrogen and oxygen atoms in total. The van der Waals surface area contributed by atoms with Gasteiger partial charge in [-0.1, -0.05) is 32.0 Å². The quantitative estimate of drug-likeness (QED) is 0.624. The standard InChI is InChI=1S/C16H22N2O5/c1-11(2)8-13(16(21)22)18-14(19)9-17-15(20)10-23-12-6-4-3-5-7-12/h3-7,11,13H,8-10H2,1-2H3,(H,17,20)(H,18,19)(H,21,22)/t13-/m1/s1. The molecular formula is C16H22N2O5. The van der Waals surface area contributed by atoms with E-state index in [1.165, 1.54) is 0 Å². The molecule has 0 aliphatic rings. The summed E-state index contributed by atoms with van der Waals surface area (Å²) in [6.45, 7) is 3.22. The molecule has 1 aromatic rings. The van der Waals surface area contributed by atoms with E-state index in [0.29, 0.717) is 12.2 Å². The Morgan fingerprint density at radius 1 is 1.13 bits per heavy atom. The lowest BCUT2D eigenvalue weighted by Crippen LogP contribution is -2.46. The van der Waals surface area contributed by atoms with E-state index in [2.05, 4.69) is 10.6 Å². The van der Waals surface area contributed by atoms with Gasteiger partial charge in [0.15, 0.2) is 6.61 Å². The van der Waals surface area contributed by atoms with Crippen LogP contribution < -0.4 is 15.4 Å². The van der Waals surface area contributed by atoms with Crippen LogP contribution in [0.3, 0.4) is 0 Å². The van der Waals surface area contributed by atoms with E-state index in [9.17, 15) is 14.4 Å². The zero-order chi connectivity index (χ0) is 17.2. The highest BCUT2D eigenvalue weighted by Crippen LogP contribution is 2.07. The number of carboxylic acid groups (broad SMARTS) is 1. The Bertz CT molecular complexity index is 531. The van der Waals surface area contributed by atoms with Gasteiger partial charge in [0.1, 0.15) is 11.8 Å². The van der Waals surface area contributed by atoms with Crippen LogP contribution in [0.2, 0.25) is 0 Å². The maximum absolute atomic E-state index is 11.7. The second-order valence-electron chi connectivity index (χ2n) is 5.47. The van der Waals surface area contributed by atoms with Gasteiger partial charge in [0.05, 0.1) is 6.54 Å². The van der Waals surface area contributed by atoms with Gasteiger partial charge < -0.3 is 20.5 Å². The molecule has 3 N–H and O–H groups in total. The van der Waals surface area contributed by atoms with Crippen LogP contribution in [0, 0.1) is 5.92 Å². The number of amides is 2. The first-order chi connectivity index (χ1) is 10.9. The average molecular weight is 322 g/mol. The zero-order valence-corrected chi connectivity index (χ0v) is 13.2. The summed E-state index contributed by atoms with van der Waals surface area (Å²) >= 11 is 0. The number of para-hydroxylation sites is 1. The third kappa shape index (κ3) is 7.85. The fraction of sp³-hybridized carbons (Fsp3) is 0.438. The average Bonchev–Trinajstić information content (AvgIpc) is 2.50. The summed E-state index contributed by atoms with van der Waals surface area (Å²) in [4.78, 5) is 34.3. The lowest BCUT2D eigenvalue weighted by atomic mass is 10.0. The van der Waals surface area contributed by atoms with Crippen LogP contribution in [-0.2, 0) is 14.4 Å². The number of hydrogen-bond donors (Lipinski definition) is 3. The van der Waals surface area contributed by atoms with Crippen molar-refractivity contribution in [1.82, 2.24) is 10.6 Å². The molecule has 2 amide bonds. The first-order valence-electron chi connectivity index (χ1n) is 7.35. The van der Waals surface area contributed by atoms with Crippen molar-refractivity contribution in [2.75, 3.05) is 13.2 Å². The number of aliphatic carboxylic acids is 1. The van der Waals surface area contributed by atoms with Crippen molar-refractivity contribution < 1.29 is 24.2 Å². The minimum Gasteiger partial charge on any atom is -0.484 e. The van der Waals surface area contributed by atoms with Crippen molar-refractivity contribution in [3.8, 4) is 5.75 Å². The van der Waals surface area contributed by atoms with Crippen LogP contribution >= 0.6 is 0 Å². The van der Waals surface area contributed by atoms with Gasteiger partial charge in [0, 0.05) is 0 Å². The van der Waals surface area contributed by atoms with Gasteiger partial charge in [0.2, 0.25) is 5.91 Å². The second kappa shape index (κ2) is 9.45. The number of nitrogens with one attached hydrogen (secondary N) is 2. The smallest absolute Gasteiger partial charge is 0.326 e. The number of carboxylic acids is 1. The monoisotopic (exact) mass is 322 g/mol. The van der Waals surface area contributed by atoms with Gasteiger partial charge in [-0.15, -0.1) is 0 Å². The minimum absolute atomic E-state index is 0.130. The Morgan fingerprint density at radius 2 is 1.78 bits per heavy atom. The van der Waals surface area contributed by atoms with Gasteiger partial charge in [-0.25, -0.2) is 4.79 Å². The number of rotatable bonds is 9. The van der Waals surface area contributed by atoms with E-state index in [1.807, 2.05) is 19.9 Å². The predicted octanol–water partition coefficient (Wildman–Crippen LogP) is 0.797. The molecular weight excluding hydrogens is 300 g/mol. The Kier molecular flexibility index (Phi) is 7.59. The van der Waals surface area contributed by atoms with E-state index >= 15 is 0 Å². The molecule has 1 atom stereocenters. The van der Waals surface area contributed by atoms with Crippen molar-refractivity contribution in [2.45, 2.75) is 26.3 Å². The molecule has 0 spiro atoms. The predicted molar refractivity (Wildman–Crippen MR) is 84.0 cm³/mol. The highest BCUT2D eigenvalue weighted by molar-refractivity contribution is 5.88. The zero-order valence-electron chi connectivity index (χ0n) is 13.2. The fourth-order valence-corrected chi connectivity index (χ4v) is 1.83. The van der Waals surface area contributed by atoms with Crippen LogP contribution in [0.1, 0.15) is 20.3 Å². The Hall–Kier alpha value is -2.57. The minimum atomic E-state index is -1.09. The molecule has 1 rings (SSSR count). The summed E-state index contributed by atoms with van der Waals surface area (Å²) in [5.74, 6) is -1.42. The van der Waals surface area contributed by atoms with Crippen molar-refractivity contribution in [1.29, 1.82) is 0 Å². The van der Waals surface area contributed by atoms with Crippen molar-refractivity contribution in [3.05, 3.63) is 30.3 Å². The van der Waals surface area contributed by atoms with Gasteiger partial charge in [0.25, 0.3) is 5.91 Å². The fourth-order valence-electron chi connectivity index (χ4n) is 1.83. The summed E-state index contributed by atoms with van der Waals surface area (Å²) in [6, 6.07) is 7.85. The van der Waals surface area contributed by atoms with Crippen LogP contribution in [0.25, 0.3) is 0 Å². The molecule has 0 unspecified atom stereocenters. The van der Waals surface area contributed by atoms with Crippen LogP contribution in [0.5, 0.6) is 5.75 Å². The number of benzene rings is 1. The highest BCUT2D eigenvalue weighted by atomic mass is 16.5. The second-order valence-corrected chi connectivity index (χ2v) is 5.47. The maximum atomic E-state index is 11.7. The lowest BCUT2D eigenvalue weighted by molar-refractivity contribution is -0.142. The van der Waals surface area contributed by atoms with Gasteiger partial charge in [-0.3, -0.25) is 9.59 Å². The Labute approximate surface area is 135 Å². The molecule has 0 radical (unpaired) electrons. The molecule has 0 saturated carbocycles. The number of ether oxygens (including phenoxy) is 1. The van der Waals surface area contributed by atoms with Crippen LogP contribution in [-0.4, -0.2) is 42.1 Å². The van der Waals surface area contributed by atoms with E-state index in [0.717, 1.165) is 0 Å². The van der Waals surface area contributed by atoms with Gasteiger partial charge in [-0.05, 0) is 24.5 Å². The van der Waals surface area contributed by atoms with Crippen molar-refractivity contribution >= 4 is 17.8 Å². The van der Waals surface area contributed by atoms with Crippen LogP contribution in [0.15, 0.2) is 30.3 Å². The molecule has 0 aromatic heterocycles. The number of hydrogen-bond acceptors (Lipinski definition) is 4. The van der Waals surface area contributed by atoms with Gasteiger partial charge in [-0.2, -0.15) is 0 Å². The summed E-state index contributed by atoms with van der Waals surface area (Å²) < 4.78 is 5.23. The molecule has 0 fully saturated rings. The topological polar surface area (TPSA) is 105 Å². The summed E-state index contributed by atoms with van der Waals surface area (Å²) in [5.41, 5.74) is 0.